The quantitative estimate of drug-likeness (QED) is 0.712. The van der Waals surface area contributed by atoms with Crippen LogP contribution in [0.5, 0.6) is 0 Å². The van der Waals surface area contributed by atoms with E-state index in [1.807, 2.05) is 48.5 Å². The lowest BCUT2D eigenvalue weighted by Gasteiger charge is -2.37. The van der Waals surface area contributed by atoms with Gasteiger partial charge < -0.3 is 14.2 Å². The number of nitrogens with zero attached hydrogens (tertiary/aromatic N) is 1. The van der Waals surface area contributed by atoms with Crippen molar-refractivity contribution in [2.24, 2.45) is 5.41 Å². The Morgan fingerprint density at radius 2 is 1.79 bits per heavy atom. The zero-order valence-corrected chi connectivity index (χ0v) is 16.4. The molecule has 1 amide bonds. The number of hydrogen-bond acceptors (Lipinski definition) is 5. The van der Waals surface area contributed by atoms with Gasteiger partial charge in [0.15, 0.2) is 0 Å². The molecule has 0 aliphatic carbocycles. The molecule has 6 heteroatoms. The van der Waals surface area contributed by atoms with Crippen molar-refractivity contribution in [3.63, 3.8) is 0 Å². The average Bonchev–Trinajstić information content (AvgIpc) is 2.60. The maximum absolute atomic E-state index is 12.6. The summed E-state index contributed by atoms with van der Waals surface area (Å²) in [6, 6.07) is -0.140. The third-order valence-electron chi connectivity index (χ3n) is 3.88. The summed E-state index contributed by atoms with van der Waals surface area (Å²) < 4.78 is 16.4. The molecule has 0 aromatic heterocycles. The molecule has 1 atom stereocenters. The van der Waals surface area contributed by atoms with Crippen LogP contribution in [0.3, 0.4) is 0 Å². The average molecular weight is 343 g/mol. The van der Waals surface area contributed by atoms with Gasteiger partial charge in [0, 0.05) is 0 Å². The molecule has 0 radical (unpaired) electrons. The van der Waals surface area contributed by atoms with Gasteiger partial charge in [0.05, 0.1) is 25.7 Å². The molecule has 1 aliphatic rings. The van der Waals surface area contributed by atoms with Gasteiger partial charge in [-0.1, -0.05) is 13.8 Å². The Hall–Kier alpha value is -1.30. The predicted octanol–water partition coefficient (Wildman–Crippen LogP) is 3.73. The molecular formula is C18H33NO5. The van der Waals surface area contributed by atoms with Gasteiger partial charge in [-0.25, -0.2) is 4.79 Å². The van der Waals surface area contributed by atoms with Gasteiger partial charge in [0.25, 0.3) is 0 Å². The highest BCUT2D eigenvalue weighted by atomic mass is 16.6. The topological polar surface area (TPSA) is 65.1 Å². The molecule has 0 N–H and O–H groups in total. The van der Waals surface area contributed by atoms with Crippen LogP contribution in [-0.2, 0) is 19.0 Å². The summed E-state index contributed by atoms with van der Waals surface area (Å²) in [7, 11) is 0. The first-order valence-corrected chi connectivity index (χ1v) is 8.59. The second kappa shape index (κ2) is 7.30. The van der Waals surface area contributed by atoms with Gasteiger partial charge in [0.2, 0.25) is 0 Å². The molecule has 0 aromatic rings. The first kappa shape index (κ1) is 20.7. The number of esters is 1. The van der Waals surface area contributed by atoms with Crippen LogP contribution >= 0.6 is 0 Å². The highest BCUT2D eigenvalue weighted by molar-refractivity contribution is 5.71. The number of ether oxygens (including phenoxy) is 3. The summed E-state index contributed by atoms with van der Waals surface area (Å²) in [6.45, 7) is 15.8. The highest BCUT2D eigenvalue weighted by Crippen LogP contribution is 2.37. The van der Waals surface area contributed by atoms with Crippen LogP contribution < -0.4 is 0 Å². The number of rotatable bonds is 5. The zero-order chi connectivity index (χ0) is 18.8. The van der Waals surface area contributed by atoms with E-state index in [0.717, 1.165) is 0 Å². The molecule has 1 heterocycles. The van der Waals surface area contributed by atoms with Crippen molar-refractivity contribution in [1.82, 2.24) is 4.90 Å². The Bertz CT molecular complexity index is 465. The molecule has 1 rings (SSSR count). The predicted molar refractivity (Wildman–Crippen MR) is 91.5 cm³/mol. The molecular weight excluding hydrogens is 310 g/mol. The van der Waals surface area contributed by atoms with Crippen LogP contribution in [-0.4, -0.2) is 47.5 Å². The van der Waals surface area contributed by atoms with E-state index < -0.39 is 11.3 Å². The van der Waals surface area contributed by atoms with E-state index in [0.29, 0.717) is 26.1 Å². The number of carbonyl (C=O) groups is 2. The lowest BCUT2D eigenvalue weighted by molar-refractivity contribution is -0.145. The first-order chi connectivity index (χ1) is 10.8. The second-order valence-corrected chi connectivity index (χ2v) is 8.61. The van der Waals surface area contributed by atoms with Crippen LogP contribution in [0.4, 0.5) is 4.79 Å². The molecule has 0 spiro atoms. The lowest BCUT2D eigenvalue weighted by atomic mass is 9.82. The normalized spacial score (nSPS) is 20.8. The molecule has 0 unspecified atom stereocenters. The summed E-state index contributed by atoms with van der Waals surface area (Å²) in [5.74, 6) is -0.218. The van der Waals surface area contributed by atoms with E-state index in [1.54, 1.807) is 11.8 Å². The smallest absolute Gasteiger partial charge is 0.412 e. The summed E-state index contributed by atoms with van der Waals surface area (Å²) in [4.78, 5) is 26.1. The third-order valence-corrected chi connectivity index (χ3v) is 3.88. The lowest BCUT2D eigenvalue weighted by Crippen LogP contribution is -2.50. The maximum Gasteiger partial charge on any atom is 0.412 e. The SMILES string of the molecule is CCOC(=O)CC(C)(C)C[C@H]1COC(C)(C)N1C(=O)OC(C)(C)C. The molecule has 0 aromatic carbocycles. The van der Waals surface area contributed by atoms with Crippen molar-refractivity contribution in [2.75, 3.05) is 13.2 Å². The zero-order valence-electron chi connectivity index (χ0n) is 16.4. The fourth-order valence-corrected chi connectivity index (χ4v) is 3.03. The Balaban J connectivity index is 2.85. The molecule has 0 saturated carbocycles. The maximum atomic E-state index is 12.6. The van der Waals surface area contributed by atoms with Crippen LogP contribution in [0.15, 0.2) is 0 Å². The summed E-state index contributed by atoms with van der Waals surface area (Å²) >= 11 is 0. The third kappa shape index (κ3) is 5.96. The van der Waals surface area contributed by atoms with Crippen molar-refractivity contribution in [3.05, 3.63) is 0 Å². The molecule has 24 heavy (non-hydrogen) atoms. The van der Waals surface area contributed by atoms with Crippen molar-refractivity contribution in [2.45, 2.75) is 85.6 Å². The number of carbonyl (C=O) groups excluding carboxylic acids is 2. The number of hydrogen-bond donors (Lipinski definition) is 0. The van der Waals surface area contributed by atoms with Crippen molar-refractivity contribution < 1.29 is 23.8 Å². The minimum Gasteiger partial charge on any atom is -0.466 e. The summed E-state index contributed by atoms with van der Waals surface area (Å²) in [6.07, 6.45) is 0.552. The minimum atomic E-state index is -0.729. The second-order valence-electron chi connectivity index (χ2n) is 8.61. The fraction of sp³-hybridized carbons (Fsp3) is 0.889. The van der Waals surface area contributed by atoms with Gasteiger partial charge >= 0.3 is 12.1 Å². The van der Waals surface area contributed by atoms with E-state index in [-0.39, 0.29) is 23.5 Å². The molecule has 1 aliphatic heterocycles. The molecule has 1 fully saturated rings. The van der Waals surface area contributed by atoms with Gasteiger partial charge in [0.1, 0.15) is 11.3 Å². The molecule has 6 nitrogen and oxygen atoms in total. The highest BCUT2D eigenvalue weighted by Gasteiger charge is 2.47. The van der Waals surface area contributed by atoms with Crippen molar-refractivity contribution in [1.29, 1.82) is 0 Å². The van der Waals surface area contributed by atoms with Crippen LogP contribution in [0, 0.1) is 5.41 Å². The first-order valence-electron chi connectivity index (χ1n) is 8.59. The monoisotopic (exact) mass is 343 g/mol. The molecule has 140 valence electrons. The Morgan fingerprint density at radius 3 is 2.29 bits per heavy atom. The number of amides is 1. The van der Waals surface area contributed by atoms with Crippen LogP contribution in [0.25, 0.3) is 0 Å². The van der Waals surface area contributed by atoms with Gasteiger partial charge in [-0.2, -0.15) is 0 Å². The fourth-order valence-electron chi connectivity index (χ4n) is 3.03. The van der Waals surface area contributed by atoms with Crippen molar-refractivity contribution >= 4 is 12.1 Å². The van der Waals surface area contributed by atoms with Gasteiger partial charge in [-0.15, -0.1) is 0 Å². The molecule has 1 saturated heterocycles. The van der Waals surface area contributed by atoms with E-state index in [2.05, 4.69) is 0 Å². The van der Waals surface area contributed by atoms with E-state index in [9.17, 15) is 9.59 Å². The molecule has 0 bridgehead atoms. The largest absolute Gasteiger partial charge is 0.466 e. The Kier molecular flexibility index (Phi) is 6.31. The van der Waals surface area contributed by atoms with Crippen LogP contribution in [0.1, 0.15) is 68.2 Å². The van der Waals surface area contributed by atoms with E-state index >= 15 is 0 Å². The van der Waals surface area contributed by atoms with E-state index in [1.165, 1.54) is 0 Å². The summed E-state index contributed by atoms with van der Waals surface area (Å²) in [5, 5.41) is 0. The van der Waals surface area contributed by atoms with Gasteiger partial charge in [-0.05, 0) is 53.4 Å². The van der Waals surface area contributed by atoms with Gasteiger partial charge in [-0.3, -0.25) is 9.69 Å². The Labute approximate surface area is 145 Å². The van der Waals surface area contributed by atoms with E-state index in [4.69, 9.17) is 14.2 Å². The Morgan fingerprint density at radius 1 is 1.21 bits per heavy atom. The standard InChI is InChI=1S/C18H33NO5/c1-9-22-14(20)11-17(5,6)10-13-12-23-18(7,8)19(13)15(21)24-16(2,3)4/h13H,9-12H2,1-8H3/t13-/m0/s1. The van der Waals surface area contributed by atoms with Crippen molar-refractivity contribution in [3.8, 4) is 0 Å². The van der Waals surface area contributed by atoms with Crippen LogP contribution in [0.2, 0.25) is 0 Å². The minimum absolute atomic E-state index is 0.140. The summed E-state index contributed by atoms with van der Waals surface area (Å²) in [5.41, 5.74) is -1.60.